The zero-order valence-electron chi connectivity index (χ0n) is 11.5. The van der Waals surface area contributed by atoms with Crippen molar-refractivity contribution >= 4 is 15.9 Å². The van der Waals surface area contributed by atoms with E-state index in [0.29, 0.717) is 5.82 Å². The molecule has 1 N–H and O–H groups in total. The number of aromatic nitrogens is 2. The molecule has 0 radical (unpaired) electrons. The van der Waals surface area contributed by atoms with Crippen LogP contribution in [0.2, 0.25) is 0 Å². The summed E-state index contributed by atoms with van der Waals surface area (Å²) in [6.45, 7) is 2.06. The topological polar surface area (TPSA) is 55.2 Å². The lowest BCUT2D eigenvalue weighted by Gasteiger charge is -2.13. The number of aliphatic hydroxyl groups is 1. The Morgan fingerprint density at radius 1 is 1.35 bits per heavy atom. The van der Waals surface area contributed by atoms with Gasteiger partial charge in [0.1, 0.15) is 11.6 Å². The van der Waals surface area contributed by atoms with E-state index in [1.54, 1.807) is 13.3 Å². The van der Waals surface area contributed by atoms with Gasteiger partial charge in [0.05, 0.1) is 19.4 Å². The van der Waals surface area contributed by atoms with Gasteiger partial charge in [0.15, 0.2) is 0 Å². The van der Waals surface area contributed by atoms with Gasteiger partial charge in [0, 0.05) is 22.2 Å². The molecule has 4 nitrogen and oxygen atoms in total. The van der Waals surface area contributed by atoms with Crippen molar-refractivity contribution in [3.8, 4) is 17.0 Å². The number of halogens is 1. The van der Waals surface area contributed by atoms with Crippen molar-refractivity contribution in [1.29, 1.82) is 0 Å². The van der Waals surface area contributed by atoms with Crippen molar-refractivity contribution in [2.75, 3.05) is 13.7 Å². The molecule has 2 rings (SSSR count). The minimum absolute atomic E-state index is 0.0342. The molecule has 1 aromatic heterocycles. The molecular formula is C15H17BrN2O2. The Kier molecular flexibility index (Phi) is 5.09. The van der Waals surface area contributed by atoms with E-state index in [0.717, 1.165) is 27.9 Å². The number of rotatable bonds is 5. The summed E-state index contributed by atoms with van der Waals surface area (Å²) in [5.41, 5.74) is 1.69. The molecule has 0 spiro atoms. The molecule has 0 aliphatic heterocycles. The Morgan fingerprint density at radius 3 is 2.80 bits per heavy atom. The molecule has 5 heteroatoms. The summed E-state index contributed by atoms with van der Waals surface area (Å²) in [4.78, 5) is 8.82. The number of nitrogens with zero attached hydrogens (tertiary/aromatic N) is 2. The molecule has 0 bridgehead atoms. The summed E-state index contributed by atoms with van der Waals surface area (Å²) in [5.74, 6) is 1.39. The fraction of sp³-hybridized carbons (Fsp3) is 0.333. The second-order valence-electron chi connectivity index (χ2n) is 4.43. The summed E-state index contributed by atoms with van der Waals surface area (Å²) >= 11 is 3.46. The van der Waals surface area contributed by atoms with Crippen LogP contribution in [0.3, 0.4) is 0 Å². The number of benzene rings is 1. The number of hydrogen-bond acceptors (Lipinski definition) is 4. The molecule has 0 saturated heterocycles. The summed E-state index contributed by atoms with van der Waals surface area (Å²) in [6.07, 6.45) is 2.52. The highest BCUT2D eigenvalue weighted by atomic mass is 79.9. The predicted molar refractivity (Wildman–Crippen MR) is 81.8 cm³/mol. The van der Waals surface area contributed by atoms with Crippen molar-refractivity contribution in [3.05, 3.63) is 40.8 Å². The molecule has 2 aromatic rings. The monoisotopic (exact) mass is 336 g/mol. The van der Waals surface area contributed by atoms with Gasteiger partial charge in [-0.15, -0.1) is 0 Å². The van der Waals surface area contributed by atoms with Crippen LogP contribution in [-0.4, -0.2) is 28.8 Å². The van der Waals surface area contributed by atoms with Gasteiger partial charge in [0.2, 0.25) is 0 Å². The summed E-state index contributed by atoms with van der Waals surface area (Å²) in [5, 5.41) is 9.37. The zero-order chi connectivity index (χ0) is 14.5. The molecule has 1 aromatic carbocycles. The molecular weight excluding hydrogens is 320 g/mol. The maximum atomic E-state index is 9.37. The SMILES string of the molecule is CCC(CO)c1nccc(-c2cc(Br)ccc2OC)n1. The van der Waals surface area contributed by atoms with Gasteiger partial charge in [-0.05, 0) is 30.7 Å². The number of methoxy groups -OCH3 is 1. The van der Waals surface area contributed by atoms with E-state index in [2.05, 4.69) is 25.9 Å². The highest BCUT2D eigenvalue weighted by molar-refractivity contribution is 9.10. The average molecular weight is 337 g/mol. The van der Waals surface area contributed by atoms with E-state index in [4.69, 9.17) is 4.74 Å². The maximum Gasteiger partial charge on any atom is 0.134 e. The predicted octanol–water partition coefficient (Wildman–Crippen LogP) is 3.40. The smallest absolute Gasteiger partial charge is 0.134 e. The number of hydrogen-bond donors (Lipinski definition) is 1. The Balaban J connectivity index is 2.48. The van der Waals surface area contributed by atoms with Gasteiger partial charge >= 0.3 is 0 Å². The Bertz CT molecular complexity index is 586. The lowest BCUT2D eigenvalue weighted by Crippen LogP contribution is -2.08. The largest absolute Gasteiger partial charge is 0.496 e. The molecule has 0 amide bonds. The lowest BCUT2D eigenvalue weighted by atomic mass is 10.1. The third-order valence-electron chi connectivity index (χ3n) is 3.19. The van der Waals surface area contributed by atoms with E-state index in [1.165, 1.54) is 0 Å². The molecule has 0 aliphatic carbocycles. The zero-order valence-corrected chi connectivity index (χ0v) is 13.1. The number of ether oxygens (including phenoxy) is 1. The first kappa shape index (κ1) is 14.9. The van der Waals surface area contributed by atoms with Crippen LogP contribution in [0.1, 0.15) is 25.1 Å². The van der Waals surface area contributed by atoms with Crippen LogP contribution in [0.25, 0.3) is 11.3 Å². The second-order valence-corrected chi connectivity index (χ2v) is 5.35. The third-order valence-corrected chi connectivity index (χ3v) is 3.68. The van der Waals surface area contributed by atoms with Gasteiger partial charge in [-0.1, -0.05) is 22.9 Å². The minimum atomic E-state index is -0.0342. The van der Waals surface area contributed by atoms with Crippen molar-refractivity contribution in [3.63, 3.8) is 0 Å². The first-order chi connectivity index (χ1) is 9.69. The third kappa shape index (κ3) is 3.16. The van der Waals surface area contributed by atoms with Gasteiger partial charge in [-0.3, -0.25) is 0 Å². The van der Waals surface area contributed by atoms with Crippen LogP contribution in [0.15, 0.2) is 34.9 Å². The first-order valence-corrected chi connectivity index (χ1v) is 7.26. The summed E-state index contributed by atoms with van der Waals surface area (Å²) < 4.78 is 6.34. The lowest BCUT2D eigenvalue weighted by molar-refractivity contribution is 0.257. The standard InChI is InChI=1S/C15H17BrN2O2/c1-3-10(9-19)15-17-7-6-13(18-15)12-8-11(16)4-5-14(12)20-2/h4-8,10,19H,3,9H2,1-2H3. The normalized spacial score (nSPS) is 12.2. The molecule has 0 saturated carbocycles. The number of aliphatic hydroxyl groups excluding tert-OH is 1. The Hall–Kier alpha value is -1.46. The minimum Gasteiger partial charge on any atom is -0.496 e. The molecule has 106 valence electrons. The van der Waals surface area contributed by atoms with Crippen LogP contribution in [-0.2, 0) is 0 Å². The van der Waals surface area contributed by atoms with Crippen molar-refractivity contribution in [2.45, 2.75) is 19.3 Å². The Labute approximate surface area is 127 Å². The van der Waals surface area contributed by atoms with Crippen LogP contribution in [0.4, 0.5) is 0 Å². The highest BCUT2D eigenvalue weighted by Gasteiger charge is 2.14. The average Bonchev–Trinajstić information content (AvgIpc) is 2.49. The molecule has 20 heavy (non-hydrogen) atoms. The van der Waals surface area contributed by atoms with Gasteiger partial charge in [-0.25, -0.2) is 9.97 Å². The van der Waals surface area contributed by atoms with Crippen LogP contribution >= 0.6 is 15.9 Å². The van der Waals surface area contributed by atoms with E-state index in [9.17, 15) is 5.11 Å². The first-order valence-electron chi connectivity index (χ1n) is 6.47. The molecule has 1 atom stereocenters. The maximum absolute atomic E-state index is 9.37. The van der Waals surface area contributed by atoms with Crippen molar-refractivity contribution < 1.29 is 9.84 Å². The second kappa shape index (κ2) is 6.81. The Morgan fingerprint density at radius 2 is 2.15 bits per heavy atom. The van der Waals surface area contributed by atoms with Gasteiger partial charge < -0.3 is 9.84 Å². The fourth-order valence-electron chi connectivity index (χ4n) is 1.99. The van der Waals surface area contributed by atoms with Crippen LogP contribution in [0.5, 0.6) is 5.75 Å². The summed E-state index contributed by atoms with van der Waals surface area (Å²) in [6, 6.07) is 7.63. The van der Waals surface area contributed by atoms with E-state index in [1.807, 2.05) is 31.2 Å². The van der Waals surface area contributed by atoms with E-state index in [-0.39, 0.29) is 12.5 Å². The van der Waals surface area contributed by atoms with E-state index < -0.39 is 0 Å². The van der Waals surface area contributed by atoms with Gasteiger partial charge in [0.25, 0.3) is 0 Å². The quantitative estimate of drug-likeness (QED) is 0.909. The molecule has 1 unspecified atom stereocenters. The summed E-state index contributed by atoms with van der Waals surface area (Å²) in [7, 11) is 1.64. The van der Waals surface area contributed by atoms with E-state index >= 15 is 0 Å². The van der Waals surface area contributed by atoms with Crippen molar-refractivity contribution in [1.82, 2.24) is 9.97 Å². The molecule has 0 aliphatic rings. The van der Waals surface area contributed by atoms with Crippen LogP contribution < -0.4 is 4.74 Å². The fourth-order valence-corrected chi connectivity index (χ4v) is 2.36. The van der Waals surface area contributed by atoms with Crippen LogP contribution in [0, 0.1) is 0 Å². The molecule has 1 heterocycles. The van der Waals surface area contributed by atoms with Gasteiger partial charge in [-0.2, -0.15) is 0 Å². The molecule has 0 fully saturated rings. The van der Waals surface area contributed by atoms with Crippen molar-refractivity contribution in [2.24, 2.45) is 0 Å². The highest BCUT2D eigenvalue weighted by Crippen LogP contribution is 2.31.